The largest absolute Gasteiger partial charge is 0.372 e. The van der Waals surface area contributed by atoms with Crippen LogP contribution in [0.25, 0.3) is 11.3 Å². The number of benzene rings is 3. The average molecular weight is 714 g/mol. The van der Waals surface area contributed by atoms with E-state index >= 15 is 0 Å². The lowest BCUT2D eigenvalue weighted by molar-refractivity contribution is 0.0778. The molecule has 276 valence electrons. The van der Waals surface area contributed by atoms with Gasteiger partial charge in [-0.15, -0.1) is 0 Å². The molecule has 1 aliphatic carbocycles. The Morgan fingerprint density at radius 2 is 1.64 bits per heavy atom. The molecule has 2 aliphatic heterocycles. The van der Waals surface area contributed by atoms with E-state index in [2.05, 4.69) is 50.0 Å². The number of hydrogen-bond acceptors (Lipinski definition) is 7. The van der Waals surface area contributed by atoms with Gasteiger partial charge in [-0.3, -0.25) is 19.4 Å². The van der Waals surface area contributed by atoms with Gasteiger partial charge in [0.05, 0.1) is 17.4 Å². The van der Waals surface area contributed by atoms with E-state index in [0.29, 0.717) is 34.6 Å². The average Bonchev–Trinajstić information content (AvgIpc) is 3.49. The molecule has 53 heavy (non-hydrogen) atoms. The van der Waals surface area contributed by atoms with E-state index in [0.717, 1.165) is 95.6 Å². The monoisotopic (exact) mass is 713 g/mol. The fraction of sp³-hybridized carbons (Fsp3) is 0.395. The fourth-order valence-electron chi connectivity index (χ4n) is 7.79. The van der Waals surface area contributed by atoms with Crippen molar-refractivity contribution in [2.45, 2.75) is 51.0 Å². The minimum absolute atomic E-state index is 0.0411. The van der Waals surface area contributed by atoms with Gasteiger partial charge in [0.2, 0.25) is 0 Å². The molecule has 3 aliphatic rings. The lowest BCUT2D eigenvalue weighted by Crippen LogP contribution is -2.37. The van der Waals surface area contributed by atoms with E-state index in [1.54, 1.807) is 41.4 Å². The third kappa shape index (κ3) is 8.95. The van der Waals surface area contributed by atoms with E-state index in [1.165, 1.54) is 17.5 Å². The third-order valence-electron chi connectivity index (χ3n) is 10.8. The number of fused-ring (bicyclic) bond motifs is 1. The number of pyridine rings is 1. The van der Waals surface area contributed by atoms with Crippen molar-refractivity contribution in [1.82, 2.24) is 25.4 Å². The maximum absolute atomic E-state index is 13.8. The third-order valence-corrected chi connectivity index (χ3v) is 10.8. The first-order valence-electron chi connectivity index (χ1n) is 19.3. The number of piperidine rings is 1. The molecule has 3 heterocycles. The Hall–Kier alpha value is -5.06. The number of rotatable bonds is 10. The number of nitrogens with one attached hydrogen (secondary N) is 3. The van der Waals surface area contributed by atoms with Gasteiger partial charge in [0.1, 0.15) is 0 Å². The van der Waals surface area contributed by atoms with Crippen molar-refractivity contribution >= 4 is 29.1 Å². The van der Waals surface area contributed by atoms with E-state index in [4.69, 9.17) is 4.98 Å². The minimum atomic E-state index is -0.323. The molecule has 0 bridgehead atoms. The van der Waals surface area contributed by atoms with Gasteiger partial charge in [-0.2, -0.15) is 0 Å². The normalized spacial score (nSPS) is 17.7. The number of amides is 3. The van der Waals surface area contributed by atoms with Crippen LogP contribution in [0.2, 0.25) is 0 Å². The Morgan fingerprint density at radius 1 is 0.811 bits per heavy atom. The highest BCUT2D eigenvalue weighted by Crippen LogP contribution is 2.34. The molecule has 3 amide bonds. The standard InChI is InChI=1S/C43H51N7O3/c1-48(26-27-49-22-9-19-44-21-25-49)43(53)34-13-7-12-32(28-34)41(51)47-39-17-16-35(50-23-5-2-6-24-50)30-37(39)40-29-33(18-20-45-40)42(52)46-38-15-8-11-31-10-3-4-14-36(31)38/h3-4,7,10,12-14,16-18,20,28-30,38,44H,2,5-6,8-9,11,15,19,21-27H2,1H3,(H,46,52)(H,47,51). The number of aromatic nitrogens is 1. The zero-order chi connectivity index (χ0) is 36.6. The lowest BCUT2D eigenvalue weighted by atomic mass is 9.87. The van der Waals surface area contributed by atoms with Gasteiger partial charge in [0.15, 0.2) is 0 Å². The first kappa shape index (κ1) is 36.3. The first-order valence-corrected chi connectivity index (χ1v) is 19.3. The topological polar surface area (TPSA) is 110 Å². The molecule has 0 saturated carbocycles. The SMILES string of the molecule is CN(CCN1CCCNCC1)C(=O)c1cccc(C(=O)Nc2ccc(N3CCCCC3)cc2-c2cc(C(=O)NC3CCCc4ccccc43)ccn2)c1. The second-order valence-electron chi connectivity index (χ2n) is 14.5. The van der Waals surface area contributed by atoms with Crippen molar-refractivity contribution in [3.63, 3.8) is 0 Å². The number of nitrogens with zero attached hydrogens (tertiary/aromatic N) is 4. The summed E-state index contributed by atoms with van der Waals surface area (Å²) in [7, 11) is 1.82. The van der Waals surface area contributed by atoms with Gasteiger partial charge in [0.25, 0.3) is 17.7 Å². The van der Waals surface area contributed by atoms with Crippen LogP contribution in [0, 0.1) is 0 Å². The van der Waals surface area contributed by atoms with Crippen molar-refractivity contribution in [2.24, 2.45) is 0 Å². The van der Waals surface area contributed by atoms with E-state index in [9.17, 15) is 14.4 Å². The van der Waals surface area contributed by atoms with Gasteiger partial charge in [-0.1, -0.05) is 30.3 Å². The van der Waals surface area contributed by atoms with E-state index < -0.39 is 0 Å². The Bertz CT molecular complexity index is 1920. The number of carbonyl (C=O) groups is 3. The van der Waals surface area contributed by atoms with Gasteiger partial charge >= 0.3 is 0 Å². The molecule has 3 N–H and O–H groups in total. The van der Waals surface area contributed by atoms with Gasteiger partial charge in [-0.25, -0.2) is 0 Å². The van der Waals surface area contributed by atoms with Crippen molar-refractivity contribution < 1.29 is 14.4 Å². The summed E-state index contributed by atoms with van der Waals surface area (Å²) in [4.78, 5) is 52.2. The summed E-state index contributed by atoms with van der Waals surface area (Å²) < 4.78 is 0. The van der Waals surface area contributed by atoms with Crippen molar-refractivity contribution in [3.05, 3.63) is 113 Å². The Labute approximate surface area is 313 Å². The van der Waals surface area contributed by atoms with Crippen LogP contribution >= 0.6 is 0 Å². The van der Waals surface area contributed by atoms with Gasteiger partial charge in [0, 0.05) is 80.5 Å². The molecule has 1 aromatic heterocycles. The van der Waals surface area contributed by atoms with Gasteiger partial charge in [-0.05, 0) is 118 Å². The predicted octanol–water partition coefficient (Wildman–Crippen LogP) is 6.17. The fourth-order valence-corrected chi connectivity index (χ4v) is 7.79. The second kappa shape index (κ2) is 17.2. The lowest BCUT2D eigenvalue weighted by Gasteiger charge is -2.29. The summed E-state index contributed by atoms with van der Waals surface area (Å²) in [6, 6.07) is 24.8. The first-order chi connectivity index (χ1) is 25.9. The molecule has 0 spiro atoms. The molecule has 1 unspecified atom stereocenters. The maximum atomic E-state index is 13.8. The Kier molecular flexibility index (Phi) is 11.8. The van der Waals surface area contributed by atoms with Crippen LogP contribution in [-0.2, 0) is 6.42 Å². The Morgan fingerprint density at radius 3 is 2.53 bits per heavy atom. The highest BCUT2D eigenvalue weighted by Gasteiger charge is 2.23. The number of hydrogen-bond donors (Lipinski definition) is 3. The summed E-state index contributed by atoms with van der Waals surface area (Å²) in [5, 5.41) is 9.80. The molecule has 2 fully saturated rings. The summed E-state index contributed by atoms with van der Waals surface area (Å²) in [6.45, 7) is 7.34. The maximum Gasteiger partial charge on any atom is 0.255 e. The zero-order valence-corrected chi connectivity index (χ0v) is 30.8. The van der Waals surface area contributed by atoms with Crippen LogP contribution in [0.15, 0.2) is 85.1 Å². The Balaban J connectivity index is 1.10. The van der Waals surface area contributed by atoms with E-state index in [1.807, 2.05) is 31.3 Å². The molecule has 2 saturated heterocycles. The molecular formula is C43H51N7O3. The molecule has 0 radical (unpaired) electrons. The molecule has 3 aromatic carbocycles. The van der Waals surface area contributed by atoms with Crippen LogP contribution in [0.3, 0.4) is 0 Å². The molecular weight excluding hydrogens is 663 g/mol. The molecule has 7 rings (SSSR count). The predicted molar refractivity (Wildman–Crippen MR) is 211 cm³/mol. The highest BCUT2D eigenvalue weighted by molar-refractivity contribution is 6.08. The van der Waals surface area contributed by atoms with Crippen LogP contribution < -0.4 is 20.9 Å². The molecule has 10 nitrogen and oxygen atoms in total. The number of carbonyl (C=O) groups excluding carboxylic acids is 3. The number of anilines is 2. The molecule has 4 aromatic rings. The number of likely N-dealkylation sites (N-methyl/N-ethyl adjacent to an activating group) is 1. The summed E-state index contributed by atoms with van der Waals surface area (Å²) in [5.41, 5.74) is 6.82. The van der Waals surface area contributed by atoms with Crippen molar-refractivity contribution in [2.75, 3.05) is 69.6 Å². The minimum Gasteiger partial charge on any atom is -0.372 e. The quantitative estimate of drug-likeness (QED) is 0.181. The van der Waals surface area contributed by atoms with E-state index in [-0.39, 0.29) is 23.8 Å². The van der Waals surface area contributed by atoms with Crippen LogP contribution in [-0.4, -0.2) is 91.9 Å². The summed E-state index contributed by atoms with van der Waals surface area (Å²) in [5.74, 6) is -0.589. The molecule has 10 heteroatoms. The summed E-state index contributed by atoms with van der Waals surface area (Å²) in [6.07, 6.45) is 9.19. The van der Waals surface area contributed by atoms with Crippen molar-refractivity contribution in [1.29, 1.82) is 0 Å². The van der Waals surface area contributed by atoms with Crippen LogP contribution in [0.4, 0.5) is 11.4 Å². The van der Waals surface area contributed by atoms with Gasteiger partial charge < -0.3 is 30.7 Å². The summed E-state index contributed by atoms with van der Waals surface area (Å²) >= 11 is 0. The zero-order valence-electron chi connectivity index (χ0n) is 30.8. The van der Waals surface area contributed by atoms with Crippen LogP contribution in [0.5, 0.6) is 0 Å². The van der Waals surface area contributed by atoms with Crippen molar-refractivity contribution in [3.8, 4) is 11.3 Å². The smallest absolute Gasteiger partial charge is 0.255 e. The second-order valence-corrected chi connectivity index (χ2v) is 14.5. The van der Waals surface area contributed by atoms with Crippen LogP contribution in [0.1, 0.15) is 86.8 Å². The molecule has 1 atom stereocenters. The highest BCUT2D eigenvalue weighted by atomic mass is 16.2. The number of aryl methyl sites for hydroxylation is 1.